The number of fused-ring (bicyclic) bond motifs is 1. The molecule has 0 saturated heterocycles. The van der Waals surface area contributed by atoms with Crippen molar-refractivity contribution in [2.45, 2.75) is 113 Å². The Bertz CT molecular complexity index is 1070. The summed E-state index contributed by atoms with van der Waals surface area (Å²) in [5.74, 6) is -2.04. The number of aromatic hydroxyl groups is 1. The molecular formula is C31H45NO6S. The average Bonchev–Trinajstić information content (AvgIpc) is 2.90. The van der Waals surface area contributed by atoms with Crippen LogP contribution in [0.3, 0.4) is 0 Å². The minimum Gasteiger partial charge on any atom is -0.507 e. The van der Waals surface area contributed by atoms with Crippen molar-refractivity contribution in [3.05, 3.63) is 35.9 Å². The van der Waals surface area contributed by atoms with E-state index in [4.69, 9.17) is 9.84 Å². The zero-order valence-electron chi connectivity index (χ0n) is 23.5. The van der Waals surface area contributed by atoms with Gasteiger partial charge in [0.25, 0.3) is 0 Å². The Kier molecular flexibility index (Phi) is 15.4. The molecule has 7 nitrogen and oxygen atoms in total. The van der Waals surface area contributed by atoms with Gasteiger partial charge < -0.3 is 20.1 Å². The van der Waals surface area contributed by atoms with E-state index in [-0.39, 0.29) is 28.9 Å². The second-order valence-electron chi connectivity index (χ2n) is 10.1. The van der Waals surface area contributed by atoms with Crippen LogP contribution in [0.2, 0.25) is 0 Å². The maximum Gasteiger partial charge on any atom is 0.341 e. The Hall–Kier alpha value is -2.74. The predicted octanol–water partition coefficient (Wildman–Crippen LogP) is 8.62. The second-order valence-corrected chi connectivity index (χ2v) is 11.4. The van der Waals surface area contributed by atoms with Gasteiger partial charge in [0.15, 0.2) is 0 Å². The van der Waals surface area contributed by atoms with Gasteiger partial charge in [-0.2, -0.15) is 0 Å². The Morgan fingerprint density at radius 3 is 2.23 bits per heavy atom. The number of thioether (sulfide) groups is 1. The smallest absolute Gasteiger partial charge is 0.341 e. The Morgan fingerprint density at radius 1 is 0.949 bits per heavy atom. The molecule has 0 saturated carbocycles. The first-order valence-electron chi connectivity index (χ1n) is 14.3. The van der Waals surface area contributed by atoms with Crippen LogP contribution in [0, 0.1) is 0 Å². The summed E-state index contributed by atoms with van der Waals surface area (Å²) in [6.07, 6.45) is 20.9. The number of aliphatic carboxylic acids is 1. The van der Waals surface area contributed by atoms with E-state index in [2.05, 4.69) is 24.1 Å². The van der Waals surface area contributed by atoms with E-state index in [0.29, 0.717) is 17.3 Å². The lowest BCUT2D eigenvalue weighted by Crippen LogP contribution is -2.04. The molecule has 0 amide bonds. The zero-order valence-corrected chi connectivity index (χ0v) is 24.3. The molecule has 8 heteroatoms. The van der Waals surface area contributed by atoms with Gasteiger partial charge in [-0.1, -0.05) is 76.9 Å². The van der Waals surface area contributed by atoms with Gasteiger partial charge >= 0.3 is 11.9 Å². The first kappa shape index (κ1) is 32.5. The summed E-state index contributed by atoms with van der Waals surface area (Å²) in [6.45, 7) is 2.25. The lowest BCUT2D eigenvalue weighted by molar-refractivity contribution is -0.137. The number of carboxylic acids is 2. The topological polar surface area (TPSA) is 117 Å². The summed E-state index contributed by atoms with van der Waals surface area (Å²) in [5, 5.41) is 29.6. The number of nitrogens with zero attached hydrogens (tertiary/aromatic N) is 1. The lowest BCUT2D eigenvalue weighted by atomic mass is 10.1. The number of carbonyl (C=O) groups is 2. The van der Waals surface area contributed by atoms with Crippen LogP contribution in [-0.2, 0) is 4.79 Å². The van der Waals surface area contributed by atoms with Gasteiger partial charge in [0.1, 0.15) is 11.3 Å². The third kappa shape index (κ3) is 12.3. The molecule has 2 rings (SSSR count). The van der Waals surface area contributed by atoms with E-state index in [1.54, 1.807) is 17.8 Å². The second kappa shape index (κ2) is 18.5. The zero-order chi connectivity index (χ0) is 28.5. The highest BCUT2D eigenvalue weighted by Crippen LogP contribution is 2.37. The number of ether oxygens (including phenoxy) is 1. The van der Waals surface area contributed by atoms with Crippen LogP contribution >= 0.6 is 11.8 Å². The van der Waals surface area contributed by atoms with Gasteiger partial charge in [-0.3, -0.25) is 4.79 Å². The minimum absolute atomic E-state index is 0.00975. The fraction of sp³-hybridized carbons (Fsp3) is 0.581. The highest BCUT2D eigenvalue weighted by atomic mass is 32.2. The Labute approximate surface area is 237 Å². The molecule has 216 valence electrons. The molecule has 1 atom stereocenters. The number of aromatic nitrogens is 1. The predicted molar refractivity (Wildman–Crippen MR) is 158 cm³/mol. The average molecular weight is 560 g/mol. The van der Waals surface area contributed by atoms with Gasteiger partial charge in [-0.15, -0.1) is 11.8 Å². The number of unbranched alkanes of at least 4 members (excludes halogenated alkanes) is 10. The summed E-state index contributed by atoms with van der Waals surface area (Å²) >= 11 is 1.58. The Balaban J connectivity index is 1.91. The van der Waals surface area contributed by atoms with E-state index in [1.807, 2.05) is 6.07 Å². The van der Waals surface area contributed by atoms with Crippen molar-refractivity contribution in [3.63, 3.8) is 0 Å². The molecule has 0 aliphatic carbocycles. The number of phenols is 1. The third-order valence-electron chi connectivity index (χ3n) is 6.78. The molecule has 39 heavy (non-hydrogen) atoms. The number of methoxy groups -OCH3 is 1. The molecular weight excluding hydrogens is 514 g/mol. The maximum absolute atomic E-state index is 11.5. The van der Waals surface area contributed by atoms with Gasteiger partial charge in [-0.25, -0.2) is 9.78 Å². The summed E-state index contributed by atoms with van der Waals surface area (Å²) in [7, 11) is 1.36. The number of phenolic OH excluding ortho intramolecular Hbond substituents is 1. The third-order valence-corrected chi connectivity index (χ3v) is 8.05. The number of hydrogen-bond acceptors (Lipinski definition) is 6. The lowest BCUT2D eigenvalue weighted by Gasteiger charge is -2.16. The van der Waals surface area contributed by atoms with Crippen molar-refractivity contribution in [2.24, 2.45) is 0 Å². The molecule has 1 heterocycles. The molecule has 1 aromatic carbocycles. The number of allylic oxidation sites excluding steroid dienone is 2. The summed E-state index contributed by atoms with van der Waals surface area (Å²) in [6, 6.07) is 4.80. The van der Waals surface area contributed by atoms with Crippen molar-refractivity contribution in [1.29, 1.82) is 0 Å². The van der Waals surface area contributed by atoms with E-state index in [9.17, 15) is 19.8 Å². The van der Waals surface area contributed by atoms with E-state index in [0.717, 1.165) is 24.2 Å². The van der Waals surface area contributed by atoms with Crippen LogP contribution in [0.4, 0.5) is 0 Å². The molecule has 2 aromatic rings. The van der Waals surface area contributed by atoms with Gasteiger partial charge in [0, 0.05) is 22.0 Å². The molecule has 0 fully saturated rings. The molecule has 0 aliphatic heterocycles. The Morgan fingerprint density at radius 2 is 1.62 bits per heavy atom. The normalized spacial score (nSPS) is 12.3. The van der Waals surface area contributed by atoms with E-state index < -0.39 is 11.9 Å². The number of pyridine rings is 1. The molecule has 0 spiro atoms. The molecule has 0 aliphatic rings. The fourth-order valence-corrected chi connectivity index (χ4v) is 5.84. The van der Waals surface area contributed by atoms with Gasteiger partial charge in [-0.05, 0) is 50.3 Å². The summed E-state index contributed by atoms with van der Waals surface area (Å²) < 4.78 is 5.14. The van der Waals surface area contributed by atoms with Crippen LogP contribution in [0.1, 0.15) is 114 Å². The number of hydrogen-bond donors (Lipinski definition) is 3. The number of rotatable bonds is 21. The quantitative estimate of drug-likeness (QED) is 0.0790. The fourth-order valence-electron chi connectivity index (χ4n) is 4.60. The molecule has 0 bridgehead atoms. The van der Waals surface area contributed by atoms with Crippen LogP contribution in [-0.4, -0.2) is 44.6 Å². The maximum atomic E-state index is 11.5. The van der Waals surface area contributed by atoms with Crippen molar-refractivity contribution < 1.29 is 29.6 Å². The van der Waals surface area contributed by atoms with Gasteiger partial charge in [0.2, 0.25) is 5.88 Å². The summed E-state index contributed by atoms with van der Waals surface area (Å²) in [5.41, 5.74) is 0.333. The minimum atomic E-state index is -1.18. The van der Waals surface area contributed by atoms with Gasteiger partial charge in [0.05, 0.1) is 12.6 Å². The number of aromatic carboxylic acids is 1. The van der Waals surface area contributed by atoms with E-state index in [1.165, 1.54) is 77.4 Å². The number of benzene rings is 1. The van der Waals surface area contributed by atoms with Crippen LogP contribution in [0.15, 0.2) is 35.2 Å². The van der Waals surface area contributed by atoms with Crippen molar-refractivity contribution >= 4 is 34.6 Å². The standard InChI is InChI=1S/C31H45NO6S/c1-3-4-5-6-7-8-9-10-11-12-13-14-15-17-23(18-16-19-29(34)35)39-24-20-27-25(28(33)21-24)22-26(31(36)37)30(32-27)38-2/h14-15,20-23,33H,3-13,16-19H2,1-2H3,(H,34,35)(H,36,37)/t23-/m1/s1. The van der Waals surface area contributed by atoms with Crippen LogP contribution in [0.5, 0.6) is 11.6 Å². The summed E-state index contributed by atoms with van der Waals surface area (Å²) in [4.78, 5) is 27.6. The highest BCUT2D eigenvalue weighted by molar-refractivity contribution is 8.00. The van der Waals surface area contributed by atoms with Crippen molar-refractivity contribution in [3.8, 4) is 11.6 Å². The highest BCUT2D eigenvalue weighted by Gasteiger charge is 2.18. The SMILES string of the molecule is CCCCCCCCCCCCC=CC[C@H](CCCC(=O)O)Sc1cc(O)c2cc(C(=O)O)c(OC)nc2c1. The largest absolute Gasteiger partial charge is 0.507 e. The molecule has 1 aromatic heterocycles. The monoisotopic (exact) mass is 559 g/mol. The van der Waals surface area contributed by atoms with Crippen molar-refractivity contribution in [2.75, 3.05) is 7.11 Å². The first-order chi connectivity index (χ1) is 18.8. The first-order valence-corrected chi connectivity index (χ1v) is 15.2. The van der Waals surface area contributed by atoms with Crippen LogP contribution in [0.25, 0.3) is 10.9 Å². The van der Waals surface area contributed by atoms with E-state index >= 15 is 0 Å². The number of carboxylic acid groups (broad SMARTS) is 2. The molecule has 0 radical (unpaired) electrons. The van der Waals surface area contributed by atoms with Crippen LogP contribution < -0.4 is 4.74 Å². The molecule has 0 unspecified atom stereocenters. The van der Waals surface area contributed by atoms with Crippen molar-refractivity contribution in [1.82, 2.24) is 4.98 Å². The molecule has 3 N–H and O–H groups in total.